The van der Waals surface area contributed by atoms with Crippen LogP contribution in [0.5, 0.6) is 0 Å². The summed E-state index contributed by atoms with van der Waals surface area (Å²) >= 11 is 0. The lowest BCUT2D eigenvalue weighted by molar-refractivity contribution is 0.0934. The number of nitrogens with one attached hydrogen (secondary N) is 2. The van der Waals surface area contributed by atoms with E-state index in [1.807, 2.05) is 52.2 Å². The first-order valence-corrected chi connectivity index (χ1v) is 6.32. The molecule has 0 aliphatic carbocycles. The maximum atomic E-state index is 12.0. The Kier molecular flexibility index (Phi) is 5.65. The Balaban J connectivity index is 2.56. The Bertz CT molecular complexity index is 373. The molecule has 0 aliphatic heterocycles. The third-order valence-electron chi connectivity index (χ3n) is 2.54. The number of anilines is 1. The maximum Gasteiger partial charge on any atom is 0.251 e. The van der Waals surface area contributed by atoms with Gasteiger partial charge in [-0.05, 0) is 52.2 Å². The number of carbonyl (C=O) groups excluding carboxylic acids is 1. The lowest BCUT2D eigenvalue weighted by Crippen LogP contribution is -2.39. The van der Waals surface area contributed by atoms with E-state index in [2.05, 4.69) is 15.5 Å². The SMILES string of the molecule is CCNc1ccc(C(=O)NC(C)CN(C)C)cc1. The van der Waals surface area contributed by atoms with Crippen molar-refractivity contribution in [3.8, 4) is 0 Å². The smallest absolute Gasteiger partial charge is 0.251 e. The van der Waals surface area contributed by atoms with Gasteiger partial charge in [-0.3, -0.25) is 4.79 Å². The molecule has 2 N–H and O–H groups in total. The van der Waals surface area contributed by atoms with E-state index < -0.39 is 0 Å². The van der Waals surface area contributed by atoms with E-state index >= 15 is 0 Å². The highest BCUT2D eigenvalue weighted by Crippen LogP contribution is 2.09. The summed E-state index contributed by atoms with van der Waals surface area (Å²) in [5.41, 5.74) is 1.73. The molecule has 1 atom stereocenters. The highest BCUT2D eigenvalue weighted by atomic mass is 16.1. The Morgan fingerprint density at radius 3 is 2.39 bits per heavy atom. The number of hydrogen-bond acceptors (Lipinski definition) is 3. The topological polar surface area (TPSA) is 44.4 Å². The van der Waals surface area contributed by atoms with Crippen LogP contribution in [-0.2, 0) is 0 Å². The summed E-state index contributed by atoms with van der Waals surface area (Å²) < 4.78 is 0. The second-order valence-corrected chi connectivity index (χ2v) is 4.74. The fourth-order valence-electron chi connectivity index (χ4n) is 1.84. The first-order valence-electron chi connectivity index (χ1n) is 6.32. The van der Waals surface area contributed by atoms with E-state index in [0.717, 1.165) is 18.8 Å². The van der Waals surface area contributed by atoms with Crippen LogP contribution in [0.3, 0.4) is 0 Å². The van der Waals surface area contributed by atoms with Gasteiger partial charge >= 0.3 is 0 Å². The van der Waals surface area contributed by atoms with Gasteiger partial charge in [0.15, 0.2) is 0 Å². The normalized spacial score (nSPS) is 12.3. The molecule has 0 heterocycles. The standard InChI is InChI=1S/C14H23N3O/c1-5-15-13-8-6-12(7-9-13)14(18)16-11(2)10-17(3)4/h6-9,11,15H,5,10H2,1-4H3,(H,16,18). The van der Waals surface area contributed by atoms with Crippen LogP contribution in [0.2, 0.25) is 0 Å². The van der Waals surface area contributed by atoms with Crippen LogP contribution in [0.1, 0.15) is 24.2 Å². The molecule has 0 spiro atoms. The highest BCUT2D eigenvalue weighted by molar-refractivity contribution is 5.94. The van der Waals surface area contributed by atoms with E-state index in [1.165, 1.54) is 0 Å². The molecule has 4 heteroatoms. The van der Waals surface area contributed by atoms with Crippen molar-refractivity contribution in [2.45, 2.75) is 19.9 Å². The van der Waals surface area contributed by atoms with Gasteiger partial charge in [0, 0.05) is 30.4 Å². The Morgan fingerprint density at radius 2 is 1.89 bits per heavy atom. The van der Waals surface area contributed by atoms with E-state index in [1.54, 1.807) is 0 Å². The first-order chi connectivity index (χ1) is 8.52. The van der Waals surface area contributed by atoms with E-state index in [4.69, 9.17) is 0 Å². The zero-order valence-electron chi connectivity index (χ0n) is 11.7. The number of amides is 1. The predicted molar refractivity (Wildman–Crippen MR) is 76.1 cm³/mol. The van der Waals surface area contributed by atoms with Crippen molar-refractivity contribution in [2.24, 2.45) is 0 Å². The van der Waals surface area contributed by atoms with Gasteiger partial charge < -0.3 is 15.5 Å². The maximum absolute atomic E-state index is 12.0. The summed E-state index contributed by atoms with van der Waals surface area (Å²) in [5, 5.41) is 6.18. The summed E-state index contributed by atoms with van der Waals surface area (Å²) in [7, 11) is 3.99. The van der Waals surface area contributed by atoms with Crippen molar-refractivity contribution in [3.63, 3.8) is 0 Å². The molecule has 1 amide bonds. The Morgan fingerprint density at radius 1 is 1.28 bits per heavy atom. The molecule has 0 radical (unpaired) electrons. The number of nitrogens with zero attached hydrogens (tertiary/aromatic N) is 1. The van der Waals surface area contributed by atoms with Gasteiger partial charge in [0.1, 0.15) is 0 Å². The summed E-state index contributed by atoms with van der Waals surface area (Å²) in [6.07, 6.45) is 0. The minimum atomic E-state index is -0.0209. The van der Waals surface area contributed by atoms with Gasteiger partial charge in [-0.2, -0.15) is 0 Å². The molecule has 0 fully saturated rings. The average molecular weight is 249 g/mol. The minimum absolute atomic E-state index is 0.0209. The van der Waals surface area contributed by atoms with Crippen molar-refractivity contribution in [1.29, 1.82) is 0 Å². The van der Waals surface area contributed by atoms with Crippen LogP contribution in [0, 0.1) is 0 Å². The zero-order chi connectivity index (χ0) is 13.5. The molecule has 4 nitrogen and oxygen atoms in total. The molecule has 1 aromatic carbocycles. The predicted octanol–water partition coefficient (Wildman–Crippen LogP) is 1.80. The number of benzene rings is 1. The Hall–Kier alpha value is -1.55. The molecular weight excluding hydrogens is 226 g/mol. The summed E-state index contributed by atoms with van der Waals surface area (Å²) in [6, 6.07) is 7.68. The fraction of sp³-hybridized carbons (Fsp3) is 0.500. The van der Waals surface area contributed by atoms with Crippen molar-refractivity contribution >= 4 is 11.6 Å². The fourth-order valence-corrected chi connectivity index (χ4v) is 1.84. The van der Waals surface area contributed by atoms with Crippen molar-refractivity contribution < 1.29 is 4.79 Å². The molecule has 0 bridgehead atoms. The summed E-state index contributed by atoms with van der Waals surface area (Å²) in [4.78, 5) is 14.0. The van der Waals surface area contributed by atoms with E-state index in [-0.39, 0.29) is 11.9 Å². The molecule has 100 valence electrons. The van der Waals surface area contributed by atoms with Crippen LogP contribution in [0.15, 0.2) is 24.3 Å². The third-order valence-corrected chi connectivity index (χ3v) is 2.54. The van der Waals surface area contributed by atoms with Crippen molar-refractivity contribution in [3.05, 3.63) is 29.8 Å². The molecule has 1 aromatic rings. The van der Waals surface area contributed by atoms with Crippen LogP contribution in [0.4, 0.5) is 5.69 Å². The largest absolute Gasteiger partial charge is 0.385 e. The van der Waals surface area contributed by atoms with Gasteiger partial charge in [0.2, 0.25) is 0 Å². The number of carbonyl (C=O) groups is 1. The van der Waals surface area contributed by atoms with Crippen LogP contribution < -0.4 is 10.6 Å². The molecule has 0 saturated carbocycles. The lowest BCUT2D eigenvalue weighted by Gasteiger charge is -2.18. The molecular formula is C14H23N3O. The molecule has 0 aliphatic rings. The van der Waals surface area contributed by atoms with Gasteiger partial charge in [0.05, 0.1) is 0 Å². The zero-order valence-corrected chi connectivity index (χ0v) is 11.7. The van der Waals surface area contributed by atoms with Gasteiger partial charge in [-0.25, -0.2) is 0 Å². The van der Waals surface area contributed by atoms with Crippen LogP contribution >= 0.6 is 0 Å². The summed E-state index contributed by atoms with van der Waals surface area (Å²) in [5.74, 6) is -0.0209. The molecule has 0 saturated heterocycles. The minimum Gasteiger partial charge on any atom is -0.385 e. The monoisotopic (exact) mass is 249 g/mol. The molecule has 1 rings (SSSR count). The number of likely N-dealkylation sites (N-methyl/N-ethyl adjacent to an activating group) is 1. The number of hydrogen-bond donors (Lipinski definition) is 2. The highest BCUT2D eigenvalue weighted by Gasteiger charge is 2.10. The van der Waals surface area contributed by atoms with E-state index in [0.29, 0.717) is 5.56 Å². The second-order valence-electron chi connectivity index (χ2n) is 4.74. The van der Waals surface area contributed by atoms with Crippen LogP contribution in [-0.4, -0.2) is 44.0 Å². The lowest BCUT2D eigenvalue weighted by atomic mass is 10.2. The Labute approximate surface area is 109 Å². The van der Waals surface area contributed by atoms with Gasteiger partial charge in [0.25, 0.3) is 5.91 Å². The molecule has 0 aromatic heterocycles. The first kappa shape index (κ1) is 14.5. The average Bonchev–Trinajstić information content (AvgIpc) is 2.29. The third kappa shape index (κ3) is 4.75. The molecule has 18 heavy (non-hydrogen) atoms. The van der Waals surface area contributed by atoms with Crippen molar-refractivity contribution in [2.75, 3.05) is 32.5 Å². The van der Waals surface area contributed by atoms with Gasteiger partial charge in [-0.1, -0.05) is 0 Å². The summed E-state index contributed by atoms with van der Waals surface area (Å²) in [6.45, 7) is 5.76. The van der Waals surface area contributed by atoms with Gasteiger partial charge in [-0.15, -0.1) is 0 Å². The van der Waals surface area contributed by atoms with E-state index in [9.17, 15) is 4.79 Å². The second kappa shape index (κ2) is 7.01. The van der Waals surface area contributed by atoms with Crippen molar-refractivity contribution in [1.82, 2.24) is 10.2 Å². The number of rotatable bonds is 6. The van der Waals surface area contributed by atoms with Crippen LogP contribution in [0.25, 0.3) is 0 Å². The quantitative estimate of drug-likeness (QED) is 0.808. The molecule has 1 unspecified atom stereocenters.